The van der Waals surface area contributed by atoms with Gasteiger partial charge in [0.2, 0.25) is 23.0 Å². The molecule has 0 radical (unpaired) electrons. The molecule has 4 aromatic heterocycles. The van der Waals surface area contributed by atoms with Crippen molar-refractivity contribution in [2.75, 3.05) is 34.9 Å². The fraction of sp³-hybridized carbons (Fsp3) is 0.333. The van der Waals surface area contributed by atoms with Crippen LogP contribution >= 0.6 is 34.8 Å². The normalized spacial score (nSPS) is 18.2. The van der Waals surface area contributed by atoms with Gasteiger partial charge in [0.25, 0.3) is 0 Å². The van der Waals surface area contributed by atoms with E-state index in [2.05, 4.69) is 69.6 Å². The average Bonchev–Trinajstić information content (AvgIpc) is 2.41. The number of nitrogens with zero attached hydrogens (tertiary/aromatic N) is 4. The molecule has 11 rings (SSSR count). The lowest BCUT2D eigenvalue weighted by Crippen LogP contribution is -2.45. The number of rotatable bonds is 15. The molecule has 3 aliphatic rings. The monoisotopic (exact) mass is 1260 g/mol. The van der Waals surface area contributed by atoms with E-state index < -0.39 is 35.6 Å². The molecule has 1 saturated heterocycles. The third-order valence-corrected chi connectivity index (χ3v) is 15.3. The standard InChI is InChI=1S/C29H28ClF3N6O.C26H26ClF3N6.C4H8O.C3H3ClO.CH4/c1-2-25(40)36-18-12-10-17(11-13-18)27(29(31,32)33)37-19-6-5-7-20(14-19)38-28-35-16-23(30)26(39-28)22-15-34-24-9-4-3-8-21(22)24;27-21-14-33-25(36-23(21)20-13-32-22-7-2-1-6-19(20)22)35-18-5-3-4-17(12-18)34-24(26(28,29)30)15-8-10-16(31)11-9-15;1-2-4-5-3-1;1-2-3(4)5;/h2-4,8-13,15-16,19-20,27,34,37H,1,5-7,14H2,(H,36,40)(H,35,38,39);1-2,6-11,13-14,17-18,24,32,34H,3-5,12,31H2,(H,33,35,36);1-4H2;2H,1H2;1H4/t19-,20+,27+;17-,18+,24+;;;/m00.../s1. The van der Waals surface area contributed by atoms with Gasteiger partial charge in [0.1, 0.15) is 12.1 Å². The van der Waals surface area contributed by atoms with E-state index in [4.69, 9.17) is 45.3 Å². The number of nitrogens with two attached hydrogens (primary N) is 1. The van der Waals surface area contributed by atoms with Crippen LogP contribution in [0, 0.1) is 0 Å². The van der Waals surface area contributed by atoms with E-state index in [1.54, 1.807) is 6.20 Å². The Bertz CT molecular complexity index is 3540. The van der Waals surface area contributed by atoms with Crippen molar-refractivity contribution in [3.63, 3.8) is 0 Å². The number of carbonyl (C=O) groups excluding carboxylic acids is 2. The maximum absolute atomic E-state index is 14.1. The van der Waals surface area contributed by atoms with E-state index >= 15 is 0 Å². The second-order valence-corrected chi connectivity index (χ2v) is 22.0. The van der Waals surface area contributed by atoms with Crippen molar-refractivity contribution in [1.29, 1.82) is 0 Å². The summed E-state index contributed by atoms with van der Waals surface area (Å²) < 4.78 is 88.9. The Morgan fingerprint density at radius 1 is 0.621 bits per heavy atom. The molecule has 1 amide bonds. The molecule has 462 valence electrons. The molecule has 0 spiro atoms. The minimum Gasteiger partial charge on any atom is -0.399 e. The van der Waals surface area contributed by atoms with Crippen LogP contribution in [0.5, 0.6) is 0 Å². The van der Waals surface area contributed by atoms with Gasteiger partial charge in [-0.05, 0) is 135 Å². The SMILES string of the molecule is C.C1CCOC1.C=CC(=O)Cl.C=CC(=O)Nc1ccc([C@@H](N[C@H]2CCC[C@@H](Nc3ncc(Cl)c(-c4c[nH]c5ccccc45)n3)C2)C(F)(F)F)cc1.Nc1ccc([C@@H](N[C@H]2CCC[C@@H](Nc3ncc(Cl)c(-c4c[nH]c5ccccc45)n3)C2)C(F)(F)F)cc1. The van der Waals surface area contributed by atoms with E-state index in [0.29, 0.717) is 70.4 Å². The zero-order valence-corrected chi connectivity index (χ0v) is 48.8. The molecule has 0 bridgehead atoms. The number of nitrogens with one attached hydrogen (secondary N) is 7. The summed E-state index contributed by atoms with van der Waals surface area (Å²) in [5.41, 5.74) is 11.5. The molecule has 24 heteroatoms. The van der Waals surface area contributed by atoms with Gasteiger partial charge in [0.15, 0.2) is 0 Å². The zero-order chi connectivity index (χ0) is 61.4. The summed E-state index contributed by atoms with van der Waals surface area (Å²) in [4.78, 5) is 45.4. The highest BCUT2D eigenvalue weighted by molar-refractivity contribution is 6.66. The number of anilines is 4. The third-order valence-electron chi connectivity index (χ3n) is 14.6. The van der Waals surface area contributed by atoms with Crippen LogP contribution in [-0.2, 0) is 14.3 Å². The van der Waals surface area contributed by atoms with Crippen LogP contribution in [0.2, 0.25) is 10.0 Å². The van der Waals surface area contributed by atoms with Crippen molar-refractivity contribution in [3.05, 3.63) is 168 Å². The molecular weight excluding hydrogens is 1190 g/mol. The maximum Gasteiger partial charge on any atom is 0.407 e. The van der Waals surface area contributed by atoms with Gasteiger partial charge in [0, 0.05) is 94.1 Å². The lowest BCUT2D eigenvalue weighted by atomic mass is 9.90. The number of hydrogen-bond acceptors (Lipinski definition) is 12. The van der Waals surface area contributed by atoms with Gasteiger partial charge in [-0.25, -0.2) is 19.9 Å². The van der Waals surface area contributed by atoms with Crippen LogP contribution in [0.15, 0.2) is 147 Å². The molecule has 15 nitrogen and oxygen atoms in total. The Morgan fingerprint density at radius 2 is 1.03 bits per heavy atom. The molecule has 4 aromatic carbocycles. The highest BCUT2D eigenvalue weighted by Crippen LogP contribution is 2.39. The number of carbonyl (C=O) groups is 2. The first-order valence-corrected chi connectivity index (χ1v) is 29.0. The Labute approximate surface area is 515 Å². The summed E-state index contributed by atoms with van der Waals surface area (Å²) in [5.74, 6) is 0.341. The summed E-state index contributed by atoms with van der Waals surface area (Å²) in [5, 5.41) is 17.1. The maximum atomic E-state index is 14.1. The number of alkyl halides is 6. The third kappa shape index (κ3) is 19.0. The topological polar surface area (TPSA) is 213 Å². The number of benzene rings is 4. The molecule has 3 fully saturated rings. The minimum absolute atomic E-state index is 0. The molecule has 9 N–H and O–H groups in total. The zero-order valence-electron chi connectivity index (χ0n) is 46.6. The van der Waals surface area contributed by atoms with E-state index in [9.17, 15) is 35.9 Å². The molecule has 6 atom stereocenters. The van der Waals surface area contributed by atoms with Crippen LogP contribution in [0.1, 0.15) is 94.8 Å². The number of aromatic nitrogens is 6. The van der Waals surface area contributed by atoms with Gasteiger partial charge >= 0.3 is 12.4 Å². The number of hydrogen-bond donors (Lipinski definition) is 8. The molecular formula is C63H69Cl3F6N12O3. The van der Waals surface area contributed by atoms with Gasteiger partial charge in [-0.1, -0.05) is 104 Å². The summed E-state index contributed by atoms with van der Waals surface area (Å²) in [6.45, 7) is 8.45. The minimum atomic E-state index is -4.50. The quantitative estimate of drug-likeness (QED) is 0.0208. The van der Waals surface area contributed by atoms with Gasteiger partial charge in [-0.2, -0.15) is 26.3 Å². The molecule has 8 aromatic rings. The Balaban J connectivity index is 0.000000213. The highest BCUT2D eigenvalue weighted by Gasteiger charge is 2.44. The number of fused-ring (bicyclic) bond motifs is 2. The predicted octanol–water partition coefficient (Wildman–Crippen LogP) is 15.9. The first-order chi connectivity index (χ1) is 41.3. The lowest BCUT2D eigenvalue weighted by Gasteiger charge is -2.34. The average molecular weight is 1260 g/mol. The van der Waals surface area contributed by atoms with Gasteiger partial charge in [0.05, 0.1) is 33.8 Å². The second-order valence-electron chi connectivity index (χ2n) is 20.8. The number of H-pyrrole nitrogens is 2. The van der Waals surface area contributed by atoms with Crippen LogP contribution in [0.4, 0.5) is 49.6 Å². The lowest BCUT2D eigenvalue weighted by molar-refractivity contribution is -0.161. The van der Waals surface area contributed by atoms with Crippen molar-refractivity contribution >= 4 is 91.0 Å². The smallest absolute Gasteiger partial charge is 0.399 e. The van der Waals surface area contributed by atoms with Crippen LogP contribution < -0.4 is 32.3 Å². The predicted molar refractivity (Wildman–Crippen MR) is 336 cm³/mol. The Morgan fingerprint density at radius 3 is 1.43 bits per heavy atom. The van der Waals surface area contributed by atoms with Gasteiger partial charge in [-0.15, -0.1) is 0 Å². The number of aromatic amines is 2. The number of para-hydroxylation sites is 2. The number of allylic oxidation sites excluding steroid dienone is 1. The van der Waals surface area contributed by atoms with E-state index in [-0.39, 0.29) is 42.7 Å². The number of amides is 1. The fourth-order valence-electron chi connectivity index (χ4n) is 10.5. The molecule has 0 unspecified atom stereocenters. The number of nitrogen functional groups attached to an aromatic ring is 1. The van der Waals surface area contributed by atoms with Crippen molar-refractivity contribution in [3.8, 4) is 22.5 Å². The summed E-state index contributed by atoms with van der Waals surface area (Å²) in [7, 11) is 0. The summed E-state index contributed by atoms with van der Waals surface area (Å²) in [6, 6.07) is 22.6. The summed E-state index contributed by atoms with van der Waals surface area (Å²) >= 11 is 17.6. The van der Waals surface area contributed by atoms with Gasteiger partial charge < -0.3 is 36.4 Å². The highest BCUT2D eigenvalue weighted by atomic mass is 35.5. The van der Waals surface area contributed by atoms with Crippen molar-refractivity contribution in [2.45, 2.75) is 120 Å². The van der Waals surface area contributed by atoms with Crippen LogP contribution in [-0.4, -0.2) is 90.8 Å². The Kier molecular flexibility index (Phi) is 24.2. The van der Waals surface area contributed by atoms with Crippen LogP contribution in [0.25, 0.3) is 44.3 Å². The first kappa shape index (κ1) is 67.0. The van der Waals surface area contributed by atoms with Crippen molar-refractivity contribution < 1.29 is 40.7 Å². The summed E-state index contributed by atoms with van der Waals surface area (Å²) in [6.07, 6.45) is 7.92. The number of ether oxygens (including phenoxy) is 1. The van der Waals surface area contributed by atoms with Gasteiger partial charge in [-0.3, -0.25) is 20.2 Å². The van der Waals surface area contributed by atoms with Crippen molar-refractivity contribution in [1.82, 2.24) is 40.5 Å². The molecule has 2 saturated carbocycles. The molecule has 2 aliphatic carbocycles. The first-order valence-electron chi connectivity index (χ1n) is 27.9. The number of halogens is 9. The fourth-order valence-corrected chi connectivity index (χ4v) is 10.9. The van der Waals surface area contributed by atoms with E-state index in [0.717, 1.165) is 84.0 Å². The van der Waals surface area contributed by atoms with E-state index in [1.165, 1.54) is 67.6 Å². The second kappa shape index (κ2) is 31.4. The van der Waals surface area contributed by atoms with Crippen LogP contribution in [0.3, 0.4) is 0 Å². The van der Waals surface area contributed by atoms with E-state index in [1.807, 2.05) is 60.9 Å². The largest absolute Gasteiger partial charge is 0.407 e. The molecule has 87 heavy (non-hydrogen) atoms. The molecule has 1 aliphatic heterocycles. The Hall–Kier alpha value is -7.53. The molecule has 5 heterocycles. The van der Waals surface area contributed by atoms with Crippen molar-refractivity contribution in [2.24, 2.45) is 0 Å².